The van der Waals surface area contributed by atoms with Crippen molar-refractivity contribution in [1.82, 2.24) is 0 Å². The minimum atomic E-state index is -0.336. The summed E-state index contributed by atoms with van der Waals surface area (Å²) in [5.74, 6) is 0.778. The lowest BCUT2D eigenvalue weighted by atomic mass is 10.0. The van der Waals surface area contributed by atoms with E-state index in [-0.39, 0.29) is 6.10 Å². The number of aliphatic hydroxyl groups is 1. The van der Waals surface area contributed by atoms with Gasteiger partial charge in [-0.15, -0.1) is 0 Å². The van der Waals surface area contributed by atoms with Crippen LogP contribution in [0.5, 0.6) is 0 Å². The predicted octanol–water partition coefficient (Wildman–Crippen LogP) is 3.48. The van der Waals surface area contributed by atoms with Gasteiger partial charge in [-0.25, -0.2) is 0 Å². The van der Waals surface area contributed by atoms with Gasteiger partial charge < -0.3 is 5.11 Å². The molecule has 0 heterocycles. The molecule has 0 amide bonds. The third-order valence-electron chi connectivity index (χ3n) is 2.50. The van der Waals surface area contributed by atoms with Crippen LogP contribution in [0.4, 0.5) is 0 Å². The summed E-state index contributed by atoms with van der Waals surface area (Å²) < 4.78 is 0. The molecule has 0 aliphatic rings. The van der Waals surface area contributed by atoms with Crippen LogP contribution in [0.1, 0.15) is 36.6 Å². The van der Waals surface area contributed by atoms with Crippen molar-refractivity contribution in [2.24, 2.45) is 0 Å². The van der Waals surface area contributed by atoms with Gasteiger partial charge in [0, 0.05) is 5.75 Å². The highest BCUT2D eigenvalue weighted by molar-refractivity contribution is 7.99. The summed E-state index contributed by atoms with van der Waals surface area (Å²) in [6.45, 7) is 8.48. The van der Waals surface area contributed by atoms with Crippen molar-refractivity contribution < 1.29 is 5.11 Å². The maximum Gasteiger partial charge on any atom is 0.0880 e. The summed E-state index contributed by atoms with van der Waals surface area (Å²) in [5.41, 5.74) is 3.56. The number of benzene rings is 1. The summed E-state index contributed by atoms with van der Waals surface area (Å²) in [5, 5.41) is 10.5. The van der Waals surface area contributed by atoms with E-state index in [2.05, 4.69) is 39.8 Å². The van der Waals surface area contributed by atoms with Crippen molar-refractivity contribution >= 4 is 11.8 Å². The van der Waals surface area contributed by atoms with Gasteiger partial charge in [0.25, 0.3) is 0 Å². The average molecular weight is 224 g/mol. The lowest BCUT2D eigenvalue weighted by Gasteiger charge is -2.13. The van der Waals surface area contributed by atoms with Gasteiger partial charge in [0.1, 0.15) is 0 Å². The minimum absolute atomic E-state index is 0.336. The molecule has 0 fully saturated rings. The van der Waals surface area contributed by atoms with E-state index in [0.29, 0.717) is 5.25 Å². The third kappa shape index (κ3) is 3.88. The summed E-state index contributed by atoms with van der Waals surface area (Å²) in [7, 11) is 0. The molecule has 84 valence electrons. The Morgan fingerprint density at radius 1 is 1.20 bits per heavy atom. The zero-order chi connectivity index (χ0) is 11.4. The number of hydrogen-bond donors (Lipinski definition) is 1. The van der Waals surface area contributed by atoms with E-state index >= 15 is 0 Å². The molecule has 1 aromatic rings. The summed E-state index contributed by atoms with van der Waals surface area (Å²) in [4.78, 5) is 0. The van der Waals surface area contributed by atoms with Crippen LogP contribution in [-0.2, 0) is 0 Å². The monoisotopic (exact) mass is 224 g/mol. The van der Waals surface area contributed by atoms with Crippen molar-refractivity contribution in [3.05, 3.63) is 34.9 Å². The Labute approximate surface area is 96.9 Å². The van der Waals surface area contributed by atoms with E-state index in [9.17, 15) is 5.11 Å². The molecule has 1 nitrogen and oxygen atoms in total. The molecular formula is C13H20OS. The molecule has 0 saturated carbocycles. The van der Waals surface area contributed by atoms with Crippen LogP contribution in [0.25, 0.3) is 0 Å². The van der Waals surface area contributed by atoms with Crippen LogP contribution in [0.15, 0.2) is 18.2 Å². The van der Waals surface area contributed by atoms with E-state index in [1.807, 2.05) is 6.07 Å². The molecule has 0 aliphatic carbocycles. The fourth-order valence-corrected chi connectivity index (χ4v) is 2.11. The second-order valence-corrected chi connectivity index (χ2v) is 5.85. The molecule has 1 N–H and O–H groups in total. The molecule has 2 heteroatoms. The quantitative estimate of drug-likeness (QED) is 0.845. The van der Waals surface area contributed by atoms with Crippen molar-refractivity contribution in [1.29, 1.82) is 0 Å². The Bertz CT molecular complexity index is 320. The molecule has 1 rings (SSSR count). The average Bonchev–Trinajstić information content (AvgIpc) is 2.18. The van der Waals surface area contributed by atoms with Gasteiger partial charge in [0.15, 0.2) is 0 Å². The van der Waals surface area contributed by atoms with Gasteiger partial charge in [-0.1, -0.05) is 32.0 Å². The van der Waals surface area contributed by atoms with Crippen LogP contribution >= 0.6 is 11.8 Å². The first-order valence-corrected chi connectivity index (χ1v) is 6.42. The lowest BCUT2D eigenvalue weighted by Crippen LogP contribution is -2.03. The van der Waals surface area contributed by atoms with Crippen molar-refractivity contribution in [3.63, 3.8) is 0 Å². The normalized spacial score (nSPS) is 13.2. The SMILES string of the molecule is Cc1ccc(C(O)CSC(C)C)cc1C. The van der Waals surface area contributed by atoms with Gasteiger partial charge in [-0.2, -0.15) is 11.8 Å². The fraction of sp³-hybridized carbons (Fsp3) is 0.538. The van der Waals surface area contributed by atoms with E-state index in [1.54, 1.807) is 11.8 Å². The van der Waals surface area contributed by atoms with Crippen molar-refractivity contribution in [2.75, 3.05) is 5.75 Å². The van der Waals surface area contributed by atoms with Crippen molar-refractivity contribution in [2.45, 2.75) is 39.0 Å². The van der Waals surface area contributed by atoms with E-state index in [4.69, 9.17) is 0 Å². The molecule has 1 unspecified atom stereocenters. The van der Waals surface area contributed by atoms with Crippen LogP contribution < -0.4 is 0 Å². The fourth-order valence-electron chi connectivity index (χ4n) is 1.35. The molecule has 0 aromatic heterocycles. The van der Waals surface area contributed by atoms with Crippen LogP contribution in [-0.4, -0.2) is 16.1 Å². The zero-order valence-corrected chi connectivity index (χ0v) is 10.8. The van der Waals surface area contributed by atoms with Gasteiger partial charge in [-0.3, -0.25) is 0 Å². The Hall–Kier alpha value is -0.470. The van der Waals surface area contributed by atoms with Gasteiger partial charge in [0.05, 0.1) is 6.10 Å². The van der Waals surface area contributed by atoms with Crippen LogP contribution in [0.3, 0.4) is 0 Å². The molecule has 1 aromatic carbocycles. The molecule has 0 bridgehead atoms. The highest BCUT2D eigenvalue weighted by Gasteiger charge is 2.09. The highest BCUT2D eigenvalue weighted by Crippen LogP contribution is 2.22. The highest BCUT2D eigenvalue weighted by atomic mass is 32.2. The Kier molecular flexibility index (Phi) is 4.68. The van der Waals surface area contributed by atoms with E-state index in [0.717, 1.165) is 11.3 Å². The Morgan fingerprint density at radius 2 is 1.87 bits per heavy atom. The molecular weight excluding hydrogens is 204 g/mol. The number of aliphatic hydroxyl groups excluding tert-OH is 1. The molecule has 0 radical (unpaired) electrons. The standard InChI is InChI=1S/C13H20OS/c1-9(2)15-8-13(14)12-6-5-10(3)11(4)7-12/h5-7,9,13-14H,8H2,1-4H3. The Morgan fingerprint density at radius 3 is 2.40 bits per heavy atom. The molecule has 1 atom stereocenters. The maximum absolute atomic E-state index is 9.96. The smallest absolute Gasteiger partial charge is 0.0880 e. The summed E-state index contributed by atoms with van der Waals surface area (Å²) in [6, 6.07) is 6.18. The lowest BCUT2D eigenvalue weighted by molar-refractivity contribution is 0.204. The second kappa shape index (κ2) is 5.57. The molecule has 0 spiro atoms. The molecule has 0 aliphatic heterocycles. The van der Waals surface area contributed by atoms with Gasteiger partial charge in [0.2, 0.25) is 0 Å². The van der Waals surface area contributed by atoms with Crippen LogP contribution in [0.2, 0.25) is 0 Å². The summed E-state index contributed by atoms with van der Waals surface area (Å²) >= 11 is 1.79. The Balaban J connectivity index is 2.65. The van der Waals surface area contributed by atoms with Gasteiger partial charge >= 0.3 is 0 Å². The number of aryl methyl sites for hydroxylation is 2. The first kappa shape index (κ1) is 12.6. The zero-order valence-electron chi connectivity index (χ0n) is 9.95. The first-order valence-electron chi connectivity index (χ1n) is 5.37. The largest absolute Gasteiger partial charge is 0.388 e. The topological polar surface area (TPSA) is 20.2 Å². The van der Waals surface area contributed by atoms with E-state index in [1.165, 1.54) is 11.1 Å². The summed E-state index contributed by atoms with van der Waals surface area (Å²) in [6.07, 6.45) is -0.336. The molecule has 0 saturated heterocycles. The van der Waals surface area contributed by atoms with Crippen molar-refractivity contribution in [3.8, 4) is 0 Å². The van der Waals surface area contributed by atoms with Gasteiger partial charge in [-0.05, 0) is 35.8 Å². The minimum Gasteiger partial charge on any atom is -0.388 e. The van der Waals surface area contributed by atoms with E-state index < -0.39 is 0 Å². The number of rotatable bonds is 4. The number of hydrogen-bond acceptors (Lipinski definition) is 2. The number of thioether (sulfide) groups is 1. The first-order chi connectivity index (χ1) is 7.00. The predicted molar refractivity (Wildman–Crippen MR) is 68.5 cm³/mol. The second-order valence-electron chi connectivity index (χ2n) is 4.24. The molecule has 15 heavy (non-hydrogen) atoms. The maximum atomic E-state index is 9.96. The van der Waals surface area contributed by atoms with Crippen LogP contribution in [0, 0.1) is 13.8 Å². The third-order valence-corrected chi connectivity index (χ3v) is 3.68.